The van der Waals surface area contributed by atoms with E-state index in [0.717, 1.165) is 0 Å². The van der Waals surface area contributed by atoms with Gasteiger partial charge in [-0.1, -0.05) is 29.8 Å². The Bertz CT molecular complexity index is 625. The van der Waals surface area contributed by atoms with Crippen LogP contribution in [0.1, 0.15) is 44.1 Å². The van der Waals surface area contributed by atoms with E-state index in [4.69, 9.17) is 16.3 Å². The van der Waals surface area contributed by atoms with E-state index in [-0.39, 0.29) is 12.0 Å². The van der Waals surface area contributed by atoms with Gasteiger partial charge < -0.3 is 9.30 Å². The summed E-state index contributed by atoms with van der Waals surface area (Å²) in [5, 5.41) is 8.54. The number of benzene rings is 1. The predicted molar refractivity (Wildman–Crippen MR) is 80.3 cm³/mol. The summed E-state index contributed by atoms with van der Waals surface area (Å²) in [5.74, 6) is -0.513. The first-order valence-electron chi connectivity index (χ1n) is 6.86. The van der Waals surface area contributed by atoms with Crippen molar-refractivity contribution >= 4 is 17.6 Å². The Morgan fingerprint density at radius 3 is 2.71 bits per heavy atom. The van der Waals surface area contributed by atoms with Crippen LogP contribution in [-0.4, -0.2) is 27.3 Å². The number of carbonyl (C=O) groups is 1. The van der Waals surface area contributed by atoms with Gasteiger partial charge >= 0.3 is 5.97 Å². The van der Waals surface area contributed by atoms with Gasteiger partial charge in [-0.05, 0) is 32.4 Å². The van der Waals surface area contributed by atoms with Crippen LogP contribution in [0.4, 0.5) is 0 Å². The van der Waals surface area contributed by atoms with Gasteiger partial charge in [0.1, 0.15) is 12.2 Å². The summed E-state index contributed by atoms with van der Waals surface area (Å²) < 4.78 is 7.05. The minimum Gasteiger partial charge on any atom is -0.465 e. The van der Waals surface area contributed by atoms with Gasteiger partial charge in [-0.25, -0.2) is 0 Å². The van der Waals surface area contributed by atoms with Gasteiger partial charge in [0.05, 0.1) is 6.61 Å². The van der Waals surface area contributed by atoms with Crippen LogP contribution >= 0.6 is 11.6 Å². The number of halogens is 1. The van der Waals surface area contributed by atoms with Gasteiger partial charge in [-0.3, -0.25) is 4.79 Å². The normalized spacial score (nSPS) is 12.4. The number of rotatable bonds is 5. The molecule has 0 fully saturated rings. The monoisotopic (exact) mass is 307 g/mol. The fraction of sp³-hybridized carbons (Fsp3) is 0.400. The van der Waals surface area contributed by atoms with Crippen molar-refractivity contribution < 1.29 is 9.53 Å². The summed E-state index contributed by atoms with van der Waals surface area (Å²) in [4.78, 5) is 12.4. The molecule has 0 N–H and O–H groups in total. The molecule has 2 rings (SSSR count). The molecule has 1 atom stereocenters. The van der Waals surface area contributed by atoms with Crippen molar-refractivity contribution in [3.63, 3.8) is 0 Å². The van der Waals surface area contributed by atoms with Crippen LogP contribution in [0.2, 0.25) is 5.02 Å². The lowest BCUT2D eigenvalue weighted by Crippen LogP contribution is -2.22. The van der Waals surface area contributed by atoms with E-state index in [1.54, 1.807) is 19.3 Å². The highest BCUT2D eigenvalue weighted by Crippen LogP contribution is 2.31. The molecule has 0 aliphatic heterocycles. The Balaban J connectivity index is 2.54. The molecule has 1 aromatic carbocycles. The van der Waals surface area contributed by atoms with Crippen LogP contribution in [-0.2, 0) is 9.53 Å². The molecule has 6 heteroatoms. The summed E-state index contributed by atoms with van der Waals surface area (Å²) in [6, 6.07) is 7.35. The highest BCUT2D eigenvalue weighted by atomic mass is 35.5. The summed E-state index contributed by atoms with van der Waals surface area (Å²) in [5.41, 5.74) is 0.674. The molecule has 1 aromatic heterocycles. The van der Waals surface area contributed by atoms with Gasteiger partial charge in [0.2, 0.25) is 0 Å². The number of carbonyl (C=O) groups excluding carboxylic acids is 1. The van der Waals surface area contributed by atoms with Crippen LogP contribution in [0, 0.1) is 0 Å². The lowest BCUT2D eigenvalue weighted by molar-refractivity contribution is -0.144. The van der Waals surface area contributed by atoms with E-state index >= 15 is 0 Å². The highest BCUT2D eigenvalue weighted by molar-refractivity contribution is 6.31. The van der Waals surface area contributed by atoms with E-state index in [1.807, 2.05) is 36.6 Å². The molecule has 0 aliphatic rings. The van der Waals surface area contributed by atoms with Crippen LogP contribution in [0.25, 0.3) is 0 Å². The van der Waals surface area contributed by atoms with Gasteiger partial charge in [0.15, 0.2) is 5.82 Å². The molecule has 0 spiro atoms. The number of esters is 1. The van der Waals surface area contributed by atoms with Gasteiger partial charge in [0.25, 0.3) is 0 Å². The predicted octanol–water partition coefficient (Wildman–Crippen LogP) is 3.21. The third kappa shape index (κ3) is 3.24. The topological polar surface area (TPSA) is 57.0 Å². The average molecular weight is 308 g/mol. The molecule has 21 heavy (non-hydrogen) atoms. The Morgan fingerprint density at radius 1 is 1.38 bits per heavy atom. The maximum atomic E-state index is 12.4. The van der Waals surface area contributed by atoms with Gasteiger partial charge in [0, 0.05) is 11.1 Å². The minimum atomic E-state index is -0.677. The Morgan fingerprint density at radius 2 is 2.10 bits per heavy atom. The zero-order valence-corrected chi connectivity index (χ0v) is 13.0. The van der Waals surface area contributed by atoms with Crippen molar-refractivity contribution in [2.45, 2.75) is 32.7 Å². The average Bonchev–Trinajstić information content (AvgIpc) is 2.91. The smallest absolute Gasteiger partial charge is 0.321 e. The van der Waals surface area contributed by atoms with Crippen molar-refractivity contribution in [3.05, 3.63) is 47.0 Å². The van der Waals surface area contributed by atoms with Crippen molar-refractivity contribution in [1.82, 2.24) is 14.8 Å². The quantitative estimate of drug-likeness (QED) is 0.796. The van der Waals surface area contributed by atoms with Crippen molar-refractivity contribution in [2.75, 3.05) is 6.61 Å². The molecule has 112 valence electrons. The number of ether oxygens (including phenoxy) is 1. The molecule has 0 aliphatic carbocycles. The molecule has 5 nitrogen and oxygen atoms in total. The fourth-order valence-electron chi connectivity index (χ4n) is 2.16. The number of nitrogens with zero attached hydrogens (tertiary/aromatic N) is 3. The Kier molecular flexibility index (Phi) is 4.96. The maximum absolute atomic E-state index is 12.4. The van der Waals surface area contributed by atoms with Crippen LogP contribution < -0.4 is 0 Å². The van der Waals surface area contributed by atoms with E-state index in [9.17, 15) is 4.79 Å². The second kappa shape index (κ2) is 6.72. The Labute approximate surface area is 128 Å². The van der Waals surface area contributed by atoms with Crippen LogP contribution in [0.5, 0.6) is 0 Å². The van der Waals surface area contributed by atoms with Crippen molar-refractivity contribution in [3.8, 4) is 0 Å². The molecule has 2 aromatic rings. The molecule has 0 bridgehead atoms. The number of hydrogen-bond donors (Lipinski definition) is 0. The van der Waals surface area contributed by atoms with Crippen LogP contribution in [0.15, 0.2) is 30.6 Å². The lowest BCUT2D eigenvalue weighted by atomic mass is 9.98. The first-order valence-corrected chi connectivity index (χ1v) is 7.24. The second-order valence-electron chi connectivity index (χ2n) is 4.90. The van der Waals surface area contributed by atoms with Gasteiger partial charge in [-0.15, -0.1) is 10.2 Å². The standard InChI is InChI=1S/C15H18ClN3O2/c1-4-21-15(20)13(11-7-5-6-8-12(11)16)14-18-17-9-19(14)10(2)3/h5-10,13H,4H2,1-3H3. The Hall–Kier alpha value is -1.88. The molecular formula is C15H18ClN3O2. The zero-order chi connectivity index (χ0) is 15.4. The fourth-order valence-corrected chi connectivity index (χ4v) is 2.41. The van der Waals surface area contributed by atoms with Crippen LogP contribution in [0.3, 0.4) is 0 Å². The van der Waals surface area contributed by atoms with E-state index in [1.165, 1.54) is 0 Å². The lowest BCUT2D eigenvalue weighted by Gasteiger charge is -2.19. The molecular weight excluding hydrogens is 290 g/mol. The number of aromatic nitrogens is 3. The summed E-state index contributed by atoms with van der Waals surface area (Å²) in [7, 11) is 0. The molecule has 0 saturated carbocycles. The van der Waals surface area contributed by atoms with E-state index in [0.29, 0.717) is 23.0 Å². The summed E-state index contributed by atoms with van der Waals surface area (Å²) in [6.45, 7) is 6.08. The SMILES string of the molecule is CCOC(=O)C(c1ccccc1Cl)c1nncn1C(C)C. The van der Waals surface area contributed by atoms with Crippen molar-refractivity contribution in [1.29, 1.82) is 0 Å². The first-order chi connectivity index (χ1) is 10.1. The molecule has 0 amide bonds. The molecule has 0 saturated heterocycles. The third-order valence-corrected chi connectivity index (χ3v) is 3.50. The van der Waals surface area contributed by atoms with Crippen molar-refractivity contribution in [2.24, 2.45) is 0 Å². The molecule has 1 unspecified atom stereocenters. The largest absolute Gasteiger partial charge is 0.465 e. The minimum absolute atomic E-state index is 0.134. The second-order valence-corrected chi connectivity index (χ2v) is 5.30. The molecule has 1 heterocycles. The summed E-state index contributed by atoms with van der Waals surface area (Å²) >= 11 is 6.25. The first kappa shape index (κ1) is 15.5. The maximum Gasteiger partial charge on any atom is 0.321 e. The third-order valence-electron chi connectivity index (χ3n) is 3.15. The summed E-state index contributed by atoms with van der Waals surface area (Å²) in [6.07, 6.45) is 1.61. The molecule has 0 radical (unpaired) electrons. The highest BCUT2D eigenvalue weighted by Gasteiger charge is 2.31. The zero-order valence-electron chi connectivity index (χ0n) is 12.3. The van der Waals surface area contributed by atoms with E-state index < -0.39 is 5.92 Å². The number of hydrogen-bond acceptors (Lipinski definition) is 4. The van der Waals surface area contributed by atoms with E-state index in [2.05, 4.69) is 10.2 Å². The van der Waals surface area contributed by atoms with Gasteiger partial charge in [-0.2, -0.15) is 0 Å².